The summed E-state index contributed by atoms with van der Waals surface area (Å²) in [4.78, 5) is 16.8. The van der Waals surface area contributed by atoms with Crippen LogP contribution in [0.4, 0.5) is 0 Å². The van der Waals surface area contributed by atoms with Gasteiger partial charge in [0, 0.05) is 31.1 Å². The number of ketones is 1. The van der Waals surface area contributed by atoms with Gasteiger partial charge in [-0.05, 0) is 37.0 Å². The van der Waals surface area contributed by atoms with Crippen molar-refractivity contribution in [2.45, 2.75) is 39.0 Å². The smallest absolute Gasteiger partial charge is 0.178 e. The van der Waals surface area contributed by atoms with Crippen LogP contribution in [0.5, 0.6) is 0 Å². The van der Waals surface area contributed by atoms with Gasteiger partial charge in [-0.15, -0.1) is 10.2 Å². The van der Waals surface area contributed by atoms with Crippen molar-refractivity contribution in [2.75, 3.05) is 13.1 Å². The number of aromatic amines is 1. The number of Topliss-reactive ketones (excluding diaryl/α,β-unsaturated/α-hetero) is 1. The summed E-state index contributed by atoms with van der Waals surface area (Å²) >= 11 is 0. The lowest BCUT2D eigenvalue weighted by Gasteiger charge is -2.22. The summed E-state index contributed by atoms with van der Waals surface area (Å²) in [7, 11) is 0. The monoisotopic (exact) mass is 340 g/mol. The highest BCUT2D eigenvalue weighted by Gasteiger charge is 2.30. The minimum absolute atomic E-state index is 0.0868. The molecule has 2 N–H and O–H groups in total. The highest BCUT2D eigenvalue weighted by Crippen LogP contribution is 2.30. The van der Waals surface area contributed by atoms with E-state index in [0.717, 1.165) is 37.2 Å². The number of hydrogen-bond acceptors (Lipinski definition) is 6. The van der Waals surface area contributed by atoms with E-state index < -0.39 is 0 Å². The average molecular weight is 340 g/mol. The summed E-state index contributed by atoms with van der Waals surface area (Å²) in [5, 5.41) is 17.7. The van der Waals surface area contributed by atoms with Crippen LogP contribution in [0.2, 0.25) is 0 Å². The molecule has 0 bridgehead atoms. The SMILES string of the molecule is CCC[C@H](C(C)=O)[C@H](Cc1ccc(C2=CCNC2)nc1)c1nn[nH]n1. The maximum absolute atomic E-state index is 12.2. The van der Waals surface area contributed by atoms with Crippen LogP contribution in [0.3, 0.4) is 0 Å². The predicted molar refractivity (Wildman–Crippen MR) is 94.8 cm³/mol. The lowest BCUT2D eigenvalue weighted by molar-refractivity contribution is -0.121. The lowest BCUT2D eigenvalue weighted by Crippen LogP contribution is -2.23. The van der Waals surface area contributed by atoms with E-state index in [-0.39, 0.29) is 17.6 Å². The average Bonchev–Trinajstić information content (AvgIpc) is 3.31. The van der Waals surface area contributed by atoms with Crippen molar-refractivity contribution in [1.29, 1.82) is 0 Å². The molecule has 0 unspecified atom stereocenters. The van der Waals surface area contributed by atoms with Gasteiger partial charge in [0.25, 0.3) is 0 Å². The standard InChI is InChI=1S/C18H24N6O/c1-3-4-15(12(2)25)16(18-21-23-24-22-18)9-13-5-6-17(20-10-13)14-7-8-19-11-14/h5-7,10,15-16,19H,3-4,8-9,11H2,1-2H3,(H,21,22,23,24)/t15-,16+/m1/s1. The van der Waals surface area contributed by atoms with E-state index in [1.54, 1.807) is 6.92 Å². The quantitative estimate of drug-likeness (QED) is 0.762. The molecule has 2 atom stereocenters. The number of carbonyl (C=O) groups excluding carboxylic acids is 1. The Morgan fingerprint density at radius 3 is 2.80 bits per heavy atom. The van der Waals surface area contributed by atoms with E-state index >= 15 is 0 Å². The Morgan fingerprint density at radius 2 is 2.24 bits per heavy atom. The fourth-order valence-electron chi connectivity index (χ4n) is 3.40. The van der Waals surface area contributed by atoms with Crippen molar-refractivity contribution in [3.63, 3.8) is 0 Å². The molecule has 0 fully saturated rings. The molecule has 2 aromatic rings. The summed E-state index contributed by atoms with van der Waals surface area (Å²) in [5.74, 6) is 0.573. The fraction of sp³-hybridized carbons (Fsp3) is 0.500. The number of nitrogens with zero attached hydrogens (tertiary/aromatic N) is 4. The highest BCUT2D eigenvalue weighted by atomic mass is 16.1. The van der Waals surface area contributed by atoms with E-state index in [0.29, 0.717) is 12.2 Å². The molecular weight excluding hydrogens is 316 g/mol. The van der Waals surface area contributed by atoms with Crippen LogP contribution in [0.1, 0.15) is 49.7 Å². The van der Waals surface area contributed by atoms with Crippen molar-refractivity contribution >= 4 is 11.4 Å². The normalized spacial score (nSPS) is 16.5. The van der Waals surface area contributed by atoms with E-state index in [2.05, 4.69) is 50.0 Å². The topological polar surface area (TPSA) is 96.5 Å². The number of rotatable bonds is 8. The first-order valence-corrected chi connectivity index (χ1v) is 8.78. The Labute approximate surface area is 147 Å². The fourth-order valence-corrected chi connectivity index (χ4v) is 3.40. The van der Waals surface area contributed by atoms with Crippen LogP contribution in [0.25, 0.3) is 5.57 Å². The Morgan fingerprint density at radius 1 is 1.36 bits per heavy atom. The maximum atomic E-state index is 12.2. The molecule has 7 nitrogen and oxygen atoms in total. The van der Waals surface area contributed by atoms with Crippen LogP contribution >= 0.6 is 0 Å². The number of aromatic nitrogens is 5. The van der Waals surface area contributed by atoms with E-state index in [4.69, 9.17) is 0 Å². The van der Waals surface area contributed by atoms with Crippen molar-refractivity contribution in [3.05, 3.63) is 41.5 Å². The first-order valence-electron chi connectivity index (χ1n) is 8.78. The molecule has 1 aliphatic heterocycles. The summed E-state index contributed by atoms with van der Waals surface area (Å²) in [5.41, 5.74) is 3.31. The molecule has 0 aliphatic carbocycles. The van der Waals surface area contributed by atoms with Gasteiger partial charge in [-0.25, -0.2) is 0 Å². The molecule has 0 amide bonds. The van der Waals surface area contributed by atoms with Crippen LogP contribution in [0, 0.1) is 5.92 Å². The second-order valence-electron chi connectivity index (χ2n) is 6.50. The molecule has 0 saturated carbocycles. The Hall–Kier alpha value is -2.41. The van der Waals surface area contributed by atoms with Crippen LogP contribution < -0.4 is 5.32 Å². The molecule has 0 radical (unpaired) electrons. The van der Waals surface area contributed by atoms with Gasteiger partial charge < -0.3 is 5.32 Å². The van der Waals surface area contributed by atoms with Gasteiger partial charge in [-0.2, -0.15) is 5.21 Å². The Balaban J connectivity index is 1.81. The van der Waals surface area contributed by atoms with Gasteiger partial charge in [0.2, 0.25) is 0 Å². The molecule has 3 rings (SSSR count). The molecule has 25 heavy (non-hydrogen) atoms. The highest BCUT2D eigenvalue weighted by molar-refractivity contribution is 5.79. The Bertz CT molecular complexity index is 723. The summed E-state index contributed by atoms with van der Waals surface area (Å²) in [6.07, 6.45) is 6.49. The van der Waals surface area contributed by atoms with Crippen molar-refractivity contribution in [3.8, 4) is 0 Å². The van der Waals surface area contributed by atoms with Crippen molar-refractivity contribution in [1.82, 2.24) is 30.9 Å². The van der Waals surface area contributed by atoms with E-state index in [9.17, 15) is 4.79 Å². The molecule has 3 heterocycles. The molecule has 0 saturated heterocycles. The molecule has 7 heteroatoms. The zero-order valence-corrected chi connectivity index (χ0v) is 14.7. The molecule has 1 aliphatic rings. The van der Waals surface area contributed by atoms with Crippen molar-refractivity contribution in [2.24, 2.45) is 5.92 Å². The van der Waals surface area contributed by atoms with Gasteiger partial charge in [-0.3, -0.25) is 9.78 Å². The van der Waals surface area contributed by atoms with Crippen LogP contribution in [-0.2, 0) is 11.2 Å². The van der Waals surface area contributed by atoms with E-state index in [1.165, 1.54) is 5.57 Å². The number of hydrogen-bond donors (Lipinski definition) is 2. The molecule has 0 spiro atoms. The molecular formula is C18H24N6O. The number of H-pyrrole nitrogens is 1. The third-order valence-corrected chi connectivity index (χ3v) is 4.72. The second-order valence-corrected chi connectivity index (χ2v) is 6.50. The minimum Gasteiger partial charge on any atom is -0.309 e. The van der Waals surface area contributed by atoms with Crippen LogP contribution in [-0.4, -0.2) is 44.5 Å². The first kappa shape index (κ1) is 17.4. The molecule has 0 aromatic carbocycles. The van der Waals surface area contributed by atoms with Crippen molar-refractivity contribution < 1.29 is 4.79 Å². The summed E-state index contributed by atoms with van der Waals surface area (Å²) in [6.45, 7) is 5.49. The van der Waals surface area contributed by atoms with Gasteiger partial charge >= 0.3 is 0 Å². The van der Waals surface area contributed by atoms with Gasteiger partial charge in [-0.1, -0.05) is 30.7 Å². The van der Waals surface area contributed by atoms with Crippen LogP contribution in [0.15, 0.2) is 24.4 Å². The Kier molecular flexibility index (Phi) is 5.65. The third-order valence-electron chi connectivity index (χ3n) is 4.72. The van der Waals surface area contributed by atoms with E-state index in [1.807, 2.05) is 12.3 Å². The largest absolute Gasteiger partial charge is 0.309 e. The summed E-state index contributed by atoms with van der Waals surface area (Å²) < 4.78 is 0. The minimum atomic E-state index is -0.107. The van der Waals surface area contributed by atoms with Gasteiger partial charge in [0.1, 0.15) is 5.78 Å². The van der Waals surface area contributed by atoms with Gasteiger partial charge in [0.15, 0.2) is 5.82 Å². The number of pyridine rings is 1. The number of carbonyl (C=O) groups is 1. The first-order chi connectivity index (χ1) is 12.2. The zero-order valence-electron chi connectivity index (χ0n) is 14.7. The third kappa shape index (κ3) is 4.17. The molecule has 2 aromatic heterocycles. The molecule has 132 valence electrons. The summed E-state index contributed by atoms with van der Waals surface area (Å²) in [6, 6.07) is 4.13. The zero-order chi connectivity index (χ0) is 17.6. The lowest BCUT2D eigenvalue weighted by atomic mass is 9.81. The number of nitrogens with one attached hydrogen (secondary N) is 2. The maximum Gasteiger partial charge on any atom is 0.178 e. The predicted octanol–water partition coefficient (Wildman–Crippen LogP) is 1.91. The number of tetrazole rings is 1. The second kappa shape index (κ2) is 8.11. The van der Waals surface area contributed by atoms with Gasteiger partial charge in [0.05, 0.1) is 5.69 Å².